The first-order chi connectivity index (χ1) is 11.7. The molecule has 1 aliphatic rings. The largest absolute Gasteiger partial charge is 0.444 e. The quantitative estimate of drug-likeness (QED) is 0.810. The van der Waals surface area contributed by atoms with Crippen LogP contribution < -0.4 is 5.32 Å². The molecule has 1 atom stereocenters. The fourth-order valence-electron chi connectivity index (χ4n) is 2.80. The van der Waals surface area contributed by atoms with Crippen molar-refractivity contribution in [2.45, 2.75) is 32.5 Å². The number of benzene rings is 1. The van der Waals surface area contributed by atoms with E-state index in [1.807, 2.05) is 56.0 Å². The molecular weight excluding hydrogens is 342 g/mol. The van der Waals surface area contributed by atoms with Crippen molar-refractivity contribution in [2.24, 2.45) is 0 Å². The number of carbonyl (C=O) groups excluding carboxylic acids is 2. The summed E-state index contributed by atoms with van der Waals surface area (Å²) in [5, 5.41) is 2.62. The zero-order chi connectivity index (χ0) is 18.4. The van der Waals surface area contributed by atoms with E-state index in [1.165, 1.54) is 0 Å². The van der Waals surface area contributed by atoms with Crippen molar-refractivity contribution in [3.63, 3.8) is 0 Å². The topological polar surface area (TPSA) is 61.9 Å². The number of hydrogen-bond acceptors (Lipinski definition) is 5. The number of halogens is 1. The second-order valence-corrected chi connectivity index (χ2v) is 7.55. The first kappa shape index (κ1) is 19.7. The molecule has 25 heavy (non-hydrogen) atoms. The SMILES string of the molecule is CC(C)(C)OC(=O)NC(c1ccccc1)N1CCN(CC(=O)Cl)CC1. The minimum Gasteiger partial charge on any atom is -0.444 e. The van der Waals surface area contributed by atoms with E-state index in [0.717, 1.165) is 31.7 Å². The Morgan fingerprint density at radius 2 is 1.76 bits per heavy atom. The highest BCUT2D eigenvalue weighted by atomic mass is 35.5. The van der Waals surface area contributed by atoms with Crippen LogP contribution in [0.25, 0.3) is 0 Å². The minimum absolute atomic E-state index is 0.255. The highest BCUT2D eigenvalue weighted by molar-refractivity contribution is 6.64. The van der Waals surface area contributed by atoms with Crippen LogP contribution in [0.4, 0.5) is 4.79 Å². The van der Waals surface area contributed by atoms with Crippen molar-refractivity contribution in [2.75, 3.05) is 32.7 Å². The van der Waals surface area contributed by atoms with Crippen LogP contribution in [-0.4, -0.2) is 59.5 Å². The molecule has 1 heterocycles. The number of rotatable bonds is 5. The van der Waals surface area contributed by atoms with Crippen LogP contribution in [0.1, 0.15) is 32.5 Å². The van der Waals surface area contributed by atoms with E-state index in [1.54, 1.807) is 0 Å². The lowest BCUT2D eigenvalue weighted by Crippen LogP contribution is -2.52. The predicted octanol–water partition coefficient (Wildman–Crippen LogP) is 2.59. The van der Waals surface area contributed by atoms with Gasteiger partial charge in [0.2, 0.25) is 5.24 Å². The minimum atomic E-state index is -0.551. The first-order valence-corrected chi connectivity index (χ1v) is 8.81. The lowest BCUT2D eigenvalue weighted by molar-refractivity contribution is -0.113. The van der Waals surface area contributed by atoms with Gasteiger partial charge in [-0.05, 0) is 37.9 Å². The molecule has 138 valence electrons. The normalized spacial score (nSPS) is 17.8. The van der Waals surface area contributed by atoms with Crippen LogP contribution >= 0.6 is 11.6 Å². The van der Waals surface area contributed by atoms with Crippen molar-refractivity contribution >= 4 is 22.9 Å². The Labute approximate surface area is 154 Å². The summed E-state index contributed by atoms with van der Waals surface area (Å²) >= 11 is 5.47. The molecule has 1 aromatic rings. The summed E-state index contributed by atoms with van der Waals surface area (Å²) in [4.78, 5) is 27.5. The molecule has 1 N–H and O–H groups in total. The van der Waals surface area contributed by atoms with Crippen LogP contribution in [-0.2, 0) is 9.53 Å². The number of ether oxygens (including phenoxy) is 1. The van der Waals surface area contributed by atoms with Gasteiger partial charge in [-0.2, -0.15) is 0 Å². The number of nitrogens with one attached hydrogen (secondary N) is 1. The van der Waals surface area contributed by atoms with Crippen LogP contribution in [0.15, 0.2) is 30.3 Å². The van der Waals surface area contributed by atoms with Gasteiger partial charge in [0.1, 0.15) is 11.8 Å². The molecule has 0 bridgehead atoms. The third-order valence-corrected chi connectivity index (χ3v) is 4.01. The number of alkyl carbamates (subject to hydrolysis) is 1. The maximum atomic E-state index is 12.3. The second-order valence-electron chi connectivity index (χ2n) is 7.13. The van der Waals surface area contributed by atoms with Crippen molar-refractivity contribution in [1.82, 2.24) is 15.1 Å². The Morgan fingerprint density at radius 1 is 1.16 bits per heavy atom. The van der Waals surface area contributed by atoms with Gasteiger partial charge in [0, 0.05) is 26.2 Å². The maximum Gasteiger partial charge on any atom is 0.409 e. The van der Waals surface area contributed by atoms with Crippen LogP contribution in [0.3, 0.4) is 0 Å². The highest BCUT2D eigenvalue weighted by Crippen LogP contribution is 2.20. The van der Waals surface area contributed by atoms with Crippen molar-refractivity contribution < 1.29 is 14.3 Å². The Hall–Kier alpha value is -1.63. The zero-order valence-electron chi connectivity index (χ0n) is 15.0. The number of piperazine rings is 1. The van der Waals surface area contributed by atoms with E-state index in [0.29, 0.717) is 0 Å². The van der Waals surface area contributed by atoms with E-state index in [9.17, 15) is 9.59 Å². The van der Waals surface area contributed by atoms with Gasteiger partial charge in [0.05, 0.1) is 6.54 Å². The smallest absolute Gasteiger partial charge is 0.409 e. The molecule has 0 radical (unpaired) electrons. The summed E-state index contributed by atoms with van der Waals surface area (Å²) in [6.45, 7) is 8.66. The van der Waals surface area contributed by atoms with Gasteiger partial charge < -0.3 is 10.1 Å². The Balaban J connectivity index is 2.06. The van der Waals surface area contributed by atoms with Gasteiger partial charge in [-0.1, -0.05) is 30.3 Å². The molecule has 1 unspecified atom stereocenters. The van der Waals surface area contributed by atoms with E-state index in [2.05, 4.69) is 10.2 Å². The number of hydrogen-bond donors (Lipinski definition) is 1. The lowest BCUT2D eigenvalue weighted by atomic mass is 10.1. The number of carbonyl (C=O) groups is 2. The summed E-state index contributed by atoms with van der Waals surface area (Å²) in [7, 11) is 0. The number of amides is 1. The molecule has 6 nitrogen and oxygen atoms in total. The average molecular weight is 368 g/mol. The van der Waals surface area contributed by atoms with Gasteiger partial charge >= 0.3 is 6.09 Å². The molecule has 0 spiro atoms. The molecule has 0 aliphatic carbocycles. The monoisotopic (exact) mass is 367 g/mol. The Bertz CT molecular complexity index is 581. The van der Waals surface area contributed by atoms with Gasteiger partial charge in [-0.15, -0.1) is 0 Å². The Kier molecular flexibility index (Phi) is 6.81. The molecule has 0 saturated carbocycles. The maximum absolute atomic E-state index is 12.3. The lowest BCUT2D eigenvalue weighted by Gasteiger charge is -2.39. The molecule has 1 saturated heterocycles. The van der Waals surface area contributed by atoms with Gasteiger partial charge in [-0.3, -0.25) is 14.6 Å². The van der Waals surface area contributed by atoms with Crippen LogP contribution in [0.2, 0.25) is 0 Å². The molecule has 1 fully saturated rings. The van der Waals surface area contributed by atoms with Crippen LogP contribution in [0.5, 0.6) is 0 Å². The third kappa shape index (κ3) is 6.65. The predicted molar refractivity (Wildman–Crippen MR) is 97.4 cm³/mol. The fourth-order valence-corrected chi connectivity index (χ4v) is 2.96. The molecule has 1 aliphatic heterocycles. The van der Waals surface area contributed by atoms with Gasteiger partial charge in [-0.25, -0.2) is 4.79 Å². The average Bonchev–Trinajstić information content (AvgIpc) is 2.52. The molecule has 1 aromatic carbocycles. The fraction of sp³-hybridized carbons (Fsp3) is 0.556. The molecule has 1 amide bonds. The second kappa shape index (κ2) is 8.65. The van der Waals surface area contributed by atoms with E-state index < -0.39 is 11.7 Å². The summed E-state index contributed by atoms with van der Waals surface area (Å²) in [6, 6.07) is 9.80. The third-order valence-electron chi connectivity index (χ3n) is 3.89. The highest BCUT2D eigenvalue weighted by Gasteiger charge is 2.28. The van der Waals surface area contributed by atoms with E-state index in [4.69, 9.17) is 16.3 Å². The summed E-state index contributed by atoms with van der Waals surface area (Å²) in [5.41, 5.74) is 0.445. The first-order valence-electron chi connectivity index (χ1n) is 8.44. The molecular formula is C18H26ClN3O3. The summed E-state index contributed by atoms with van der Waals surface area (Å²) < 4.78 is 5.41. The number of nitrogens with zero attached hydrogens (tertiary/aromatic N) is 2. The zero-order valence-corrected chi connectivity index (χ0v) is 15.8. The molecule has 2 rings (SSSR count). The van der Waals surface area contributed by atoms with E-state index >= 15 is 0 Å². The van der Waals surface area contributed by atoms with E-state index in [-0.39, 0.29) is 18.0 Å². The standard InChI is InChI=1S/C18H26ClN3O3/c1-18(2,3)25-17(24)20-16(14-7-5-4-6-8-14)22-11-9-21(10-12-22)13-15(19)23/h4-8,16H,9-13H2,1-3H3,(H,20,24). The summed E-state index contributed by atoms with van der Waals surface area (Å²) in [5.74, 6) is 0. The van der Waals surface area contributed by atoms with Crippen LogP contribution in [0, 0.1) is 0 Å². The summed E-state index contributed by atoms with van der Waals surface area (Å²) in [6.07, 6.45) is -0.718. The van der Waals surface area contributed by atoms with Crippen molar-refractivity contribution in [3.8, 4) is 0 Å². The van der Waals surface area contributed by atoms with Crippen molar-refractivity contribution in [3.05, 3.63) is 35.9 Å². The molecule has 0 aromatic heterocycles. The van der Waals surface area contributed by atoms with Crippen molar-refractivity contribution in [1.29, 1.82) is 0 Å². The Morgan fingerprint density at radius 3 is 2.28 bits per heavy atom. The van der Waals surface area contributed by atoms with Gasteiger partial charge in [0.25, 0.3) is 0 Å². The molecule has 7 heteroatoms. The van der Waals surface area contributed by atoms with Gasteiger partial charge in [0.15, 0.2) is 0 Å².